The highest BCUT2D eigenvalue weighted by molar-refractivity contribution is 6.31. The summed E-state index contributed by atoms with van der Waals surface area (Å²) in [6, 6.07) is 11.6. The third-order valence-corrected chi connectivity index (χ3v) is 5.00. The topological polar surface area (TPSA) is 42.4 Å². The van der Waals surface area contributed by atoms with Crippen LogP contribution in [0.4, 0.5) is 4.39 Å². The molecule has 0 N–H and O–H groups in total. The van der Waals surface area contributed by atoms with Gasteiger partial charge in [-0.2, -0.15) is 0 Å². The van der Waals surface area contributed by atoms with Crippen molar-refractivity contribution in [1.82, 2.24) is 9.88 Å². The summed E-state index contributed by atoms with van der Waals surface area (Å²) in [6.45, 7) is 5.15. The van der Waals surface area contributed by atoms with Crippen molar-refractivity contribution in [1.29, 1.82) is 0 Å². The molecule has 4 nitrogen and oxygen atoms in total. The van der Waals surface area contributed by atoms with E-state index in [1.54, 1.807) is 55.3 Å². The van der Waals surface area contributed by atoms with Gasteiger partial charge in [-0.3, -0.25) is 4.79 Å². The second-order valence-corrected chi connectivity index (χ2v) is 6.85. The van der Waals surface area contributed by atoms with Crippen LogP contribution in [-0.2, 0) is 4.79 Å². The Hall–Kier alpha value is -2.66. The molecule has 0 bridgehead atoms. The molecular weight excluding hydrogens is 367 g/mol. The van der Waals surface area contributed by atoms with Gasteiger partial charge in [0.25, 0.3) is 0 Å². The molecule has 3 rings (SSSR count). The van der Waals surface area contributed by atoms with Crippen LogP contribution in [-0.4, -0.2) is 22.8 Å². The highest BCUT2D eigenvalue weighted by Crippen LogP contribution is 2.38. The first-order chi connectivity index (χ1) is 12.8. The maximum absolute atomic E-state index is 14.0. The summed E-state index contributed by atoms with van der Waals surface area (Å²) >= 11 is 6.41. The van der Waals surface area contributed by atoms with E-state index in [1.807, 2.05) is 6.92 Å². The first-order valence-electron chi connectivity index (χ1n) is 8.55. The number of fused-ring (bicyclic) bond motifs is 1. The molecule has 0 spiro atoms. The van der Waals surface area contributed by atoms with E-state index in [2.05, 4.69) is 4.98 Å². The number of rotatable bonds is 4. The molecule has 0 saturated heterocycles. The molecule has 1 unspecified atom stereocenters. The second kappa shape index (κ2) is 7.53. The van der Waals surface area contributed by atoms with Gasteiger partial charge in [0.05, 0.1) is 11.7 Å². The fourth-order valence-electron chi connectivity index (χ4n) is 2.93. The van der Waals surface area contributed by atoms with Gasteiger partial charge in [0.1, 0.15) is 22.8 Å². The first kappa shape index (κ1) is 19.1. The van der Waals surface area contributed by atoms with E-state index in [9.17, 15) is 9.18 Å². The summed E-state index contributed by atoms with van der Waals surface area (Å²) in [7, 11) is 1.71. The van der Waals surface area contributed by atoms with E-state index >= 15 is 0 Å². The average molecular weight is 387 g/mol. The van der Waals surface area contributed by atoms with Crippen molar-refractivity contribution in [3.05, 3.63) is 64.6 Å². The molecule has 1 aromatic heterocycles. The SMILES string of the molecule is CC(=O)N(C)C(C)c1c(Cl)cccc1Oc1cc2cccc(F)c2nc1C. The van der Waals surface area contributed by atoms with Gasteiger partial charge in [0, 0.05) is 29.9 Å². The molecule has 0 radical (unpaired) electrons. The van der Waals surface area contributed by atoms with Gasteiger partial charge in [-0.15, -0.1) is 0 Å². The number of pyridine rings is 1. The summed E-state index contributed by atoms with van der Waals surface area (Å²) in [5.74, 6) is 0.591. The minimum Gasteiger partial charge on any atom is -0.455 e. The number of halogens is 2. The quantitative estimate of drug-likeness (QED) is 0.580. The number of amides is 1. The van der Waals surface area contributed by atoms with Crippen LogP contribution >= 0.6 is 11.6 Å². The van der Waals surface area contributed by atoms with Gasteiger partial charge in [0.2, 0.25) is 5.91 Å². The Morgan fingerprint density at radius 1 is 1.22 bits per heavy atom. The Morgan fingerprint density at radius 3 is 2.63 bits per heavy atom. The van der Waals surface area contributed by atoms with Gasteiger partial charge >= 0.3 is 0 Å². The fraction of sp³-hybridized carbons (Fsp3) is 0.238. The molecule has 0 aliphatic carbocycles. The number of carbonyl (C=O) groups is 1. The second-order valence-electron chi connectivity index (χ2n) is 6.44. The Kier molecular flexibility index (Phi) is 5.33. The van der Waals surface area contributed by atoms with E-state index < -0.39 is 0 Å². The average Bonchev–Trinajstić information content (AvgIpc) is 2.62. The Labute approximate surface area is 162 Å². The Balaban J connectivity index is 2.06. The Morgan fingerprint density at radius 2 is 1.93 bits per heavy atom. The van der Waals surface area contributed by atoms with E-state index in [-0.39, 0.29) is 17.8 Å². The highest BCUT2D eigenvalue weighted by Gasteiger charge is 2.22. The van der Waals surface area contributed by atoms with Crippen LogP contribution in [0.3, 0.4) is 0 Å². The lowest BCUT2D eigenvalue weighted by atomic mass is 10.1. The van der Waals surface area contributed by atoms with Gasteiger partial charge < -0.3 is 9.64 Å². The maximum Gasteiger partial charge on any atom is 0.219 e. The van der Waals surface area contributed by atoms with E-state index in [4.69, 9.17) is 16.3 Å². The molecule has 1 atom stereocenters. The number of hydrogen-bond acceptors (Lipinski definition) is 3. The highest BCUT2D eigenvalue weighted by atomic mass is 35.5. The summed E-state index contributed by atoms with van der Waals surface area (Å²) in [5.41, 5.74) is 1.57. The van der Waals surface area contributed by atoms with Crippen LogP contribution in [0, 0.1) is 12.7 Å². The largest absolute Gasteiger partial charge is 0.455 e. The van der Waals surface area contributed by atoms with Crippen LogP contribution < -0.4 is 4.74 Å². The predicted molar refractivity (Wildman–Crippen MR) is 105 cm³/mol. The van der Waals surface area contributed by atoms with Crippen molar-refractivity contribution in [3.8, 4) is 11.5 Å². The molecule has 140 valence electrons. The van der Waals surface area contributed by atoms with Crippen molar-refractivity contribution < 1.29 is 13.9 Å². The lowest BCUT2D eigenvalue weighted by Crippen LogP contribution is -2.27. The van der Waals surface area contributed by atoms with Gasteiger partial charge in [0.15, 0.2) is 0 Å². The maximum atomic E-state index is 14.0. The molecular formula is C21H20ClFN2O2. The summed E-state index contributed by atoms with van der Waals surface area (Å²) in [5, 5.41) is 1.15. The monoisotopic (exact) mass is 386 g/mol. The number of carbonyl (C=O) groups excluding carboxylic acids is 1. The van der Waals surface area contributed by atoms with E-state index in [0.717, 1.165) is 0 Å². The van der Waals surface area contributed by atoms with Crippen LogP contribution in [0.15, 0.2) is 42.5 Å². The summed E-state index contributed by atoms with van der Waals surface area (Å²) in [6.07, 6.45) is 0. The Bertz CT molecular complexity index is 1020. The van der Waals surface area contributed by atoms with E-state index in [0.29, 0.717) is 38.7 Å². The van der Waals surface area contributed by atoms with Gasteiger partial charge in [-0.05, 0) is 38.1 Å². The number of hydrogen-bond donors (Lipinski definition) is 0. The zero-order valence-corrected chi connectivity index (χ0v) is 16.3. The van der Waals surface area contributed by atoms with Gasteiger partial charge in [-0.25, -0.2) is 9.37 Å². The van der Waals surface area contributed by atoms with Crippen LogP contribution in [0.2, 0.25) is 5.02 Å². The van der Waals surface area contributed by atoms with Crippen molar-refractivity contribution >= 4 is 28.4 Å². The number of para-hydroxylation sites is 1. The number of ether oxygens (including phenoxy) is 1. The lowest BCUT2D eigenvalue weighted by molar-refractivity contribution is -0.129. The molecule has 1 amide bonds. The number of aryl methyl sites for hydroxylation is 1. The van der Waals surface area contributed by atoms with Gasteiger partial charge in [-0.1, -0.05) is 29.8 Å². The lowest BCUT2D eigenvalue weighted by Gasteiger charge is -2.26. The molecule has 0 saturated carbocycles. The normalized spacial score (nSPS) is 12.1. The van der Waals surface area contributed by atoms with Crippen LogP contribution in [0.25, 0.3) is 10.9 Å². The number of aromatic nitrogens is 1. The third-order valence-electron chi connectivity index (χ3n) is 4.67. The molecule has 0 aliphatic heterocycles. The summed E-state index contributed by atoms with van der Waals surface area (Å²) < 4.78 is 20.1. The van der Waals surface area contributed by atoms with E-state index in [1.165, 1.54) is 13.0 Å². The predicted octanol–water partition coefficient (Wildman–Crippen LogP) is 5.67. The fourth-order valence-corrected chi connectivity index (χ4v) is 3.26. The molecule has 3 aromatic rings. The van der Waals surface area contributed by atoms with Crippen LogP contribution in [0.1, 0.15) is 31.1 Å². The molecule has 27 heavy (non-hydrogen) atoms. The number of benzene rings is 2. The first-order valence-corrected chi connectivity index (χ1v) is 8.93. The number of nitrogens with zero attached hydrogens (tertiary/aromatic N) is 2. The molecule has 2 aromatic carbocycles. The third kappa shape index (κ3) is 3.74. The molecule has 1 heterocycles. The minimum atomic E-state index is -0.373. The molecule has 6 heteroatoms. The minimum absolute atomic E-state index is 0.0765. The zero-order chi connectivity index (χ0) is 19.7. The van der Waals surface area contributed by atoms with Crippen molar-refractivity contribution in [3.63, 3.8) is 0 Å². The summed E-state index contributed by atoms with van der Waals surface area (Å²) in [4.78, 5) is 17.7. The molecule has 0 fully saturated rings. The van der Waals surface area contributed by atoms with Crippen LogP contribution in [0.5, 0.6) is 11.5 Å². The zero-order valence-electron chi connectivity index (χ0n) is 15.6. The smallest absolute Gasteiger partial charge is 0.219 e. The van der Waals surface area contributed by atoms with Crippen molar-refractivity contribution in [2.45, 2.75) is 26.8 Å². The standard InChI is InChI=1S/C21H20ClFN2O2/c1-12-19(11-15-7-5-9-17(23)21(15)24-12)27-18-10-6-8-16(22)20(18)13(2)25(4)14(3)26/h5-11,13H,1-4H3. The van der Waals surface area contributed by atoms with Crippen molar-refractivity contribution in [2.24, 2.45) is 0 Å². The van der Waals surface area contributed by atoms with Crippen molar-refractivity contribution in [2.75, 3.05) is 7.05 Å². The molecule has 0 aliphatic rings.